The molecule has 0 aliphatic carbocycles. The Morgan fingerprint density at radius 3 is 2.14 bits per heavy atom. The van der Waals surface area contributed by atoms with Crippen LogP contribution < -0.4 is 4.90 Å². The van der Waals surface area contributed by atoms with Gasteiger partial charge in [0.15, 0.2) is 0 Å². The highest BCUT2D eigenvalue weighted by molar-refractivity contribution is 5.78. The zero-order valence-corrected chi connectivity index (χ0v) is 13.5. The van der Waals surface area contributed by atoms with E-state index < -0.39 is 23.9 Å². The van der Waals surface area contributed by atoms with E-state index in [4.69, 9.17) is 5.11 Å². The lowest BCUT2D eigenvalue weighted by atomic mass is 10.1. The fourth-order valence-corrected chi connectivity index (χ4v) is 2.23. The zero-order valence-electron chi connectivity index (χ0n) is 13.5. The van der Waals surface area contributed by atoms with Crippen LogP contribution >= 0.6 is 0 Å². The molecule has 0 saturated carbocycles. The Kier molecular flexibility index (Phi) is 6.89. The first-order valence-electron chi connectivity index (χ1n) is 7.68. The van der Waals surface area contributed by atoms with Crippen LogP contribution in [0.1, 0.15) is 39.2 Å². The third-order valence-corrected chi connectivity index (χ3v) is 3.80. The molecule has 2 atom stereocenters. The predicted molar refractivity (Wildman–Crippen MR) is 86.3 cm³/mol. The summed E-state index contributed by atoms with van der Waals surface area (Å²) in [6, 6.07) is 6.94. The molecule has 1 rings (SSSR count). The fraction of sp³-hybridized carbons (Fsp3) is 0.529. The number of rotatable bonds is 9. The molecule has 5 heteroatoms. The van der Waals surface area contributed by atoms with E-state index in [-0.39, 0.29) is 6.54 Å². The van der Waals surface area contributed by atoms with Crippen LogP contribution in [0.3, 0.4) is 0 Å². The van der Waals surface area contributed by atoms with Gasteiger partial charge in [-0.05, 0) is 37.5 Å². The third-order valence-electron chi connectivity index (χ3n) is 3.80. The van der Waals surface area contributed by atoms with E-state index in [0.717, 1.165) is 24.9 Å². The van der Waals surface area contributed by atoms with Crippen LogP contribution in [-0.4, -0.2) is 34.7 Å². The number of hydrogen-bond donors (Lipinski definition) is 2. The molecule has 0 fully saturated rings. The molecular formula is C17H25NO4. The Balaban J connectivity index is 2.94. The van der Waals surface area contributed by atoms with Crippen LogP contribution in [0.25, 0.3) is 0 Å². The van der Waals surface area contributed by atoms with Crippen molar-refractivity contribution in [2.75, 3.05) is 11.4 Å². The van der Waals surface area contributed by atoms with Crippen molar-refractivity contribution in [3.8, 4) is 0 Å². The second-order valence-electron chi connectivity index (χ2n) is 5.68. The number of aryl methyl sites for hydroxylation is 1. The van der Waals surface area contributed by atoms with E-state index in [1.165, 1.54) is 5.56 Å². The first-order chi connectivity index (χ1) is 10.4. The summed E-state index contributed by atoms with van der Waals surface area (Å²) in [5.41, 5.74) is 1.95. The number of unbranched alkanes of at least 4 members (excludes halogenated alkanes) is 1. The Morgan fingerprint density at radius 1 is 1.09 bits per heavy atom. The van der Waals surface area contributed by atoms with Crippen LogP contribution in [0.5, 0.6) is 0 Å². The summed E-state index contributed by atoms with van der Waals surface area (Å²) in [6.45, 7) is 5.45. The van der Waals surface area contributed by atoms with Gasteiger partial charge >= 0.3 is 11.9 Å². The molecule has 0 saturated heterocycles. The Bertz CT molecular complexity index is 498. The molecule has 0 aliphatic rings. The maximum Gasteiger partial charge on any atom is 0.326 e. The minimum absolute atomic E-state index is 0.164. The van der Waals surface area contributed by atoms with E-state index >= 15 is 0 Å². The van der Waals surface area contributed by atoms with Crippen molar-refractivity contribution >= 4 is 17.6 Å². The smallest absolute Gasteiger partial charge is 0.326 e. The van der Waals surface area contributed by atoms with Gasteiger partial charge in [-0.15, -0.1) is 0 Å². The van der Waals surface area contributed by atoms with E-state index in [2.05, 4.69) is 6.92 Å². The van der Waals surface area contributed by atoms with Gasteiger partial charge in [0.1, 0.15) is 6.04 Å². The summed E-state index contributed by atoms with van der Waals surface area (Å²) >= 11 is 0. The predicted octanol–water partition coefficient (Wildman–Crippen LogP) is 3.03. The highest BCUT2D eigenvalue weighted by Crippen LogP contribution is 2.21. The summed E-state index contributed by atoms with van der Waals surface area (Å²) in [5.74, 6) is -2.53. The SMILES string of the molecule is CCCCc1ccc(N(CC(C)C(=O)O)C(C)C(=O)O)cc1. The Morgan fingerprint density at radius 2 is 1.68 bits per heavy atom. The number of benzene rings is 1. The van der Waals surface area contributed by atoms with Crippen LogP contribution in [0, 0.1) is 5.92 Å². The largest absolute Gasteiger partial charge is 0.481 e. The normalized spacial score (nSPS) is 13.4. The van der Waals surface area contributed by atoms with Crippen molar-refractivity contribution in [1.82, 2.24) is 0 Å². The van der Waals surface area contributed by atoms with E-state index in [0.29, 0.717) is 0 Å². The first-order valence-corrected chi connectivity index (χ1v) is 7.68. The molecule has 2 unspecified atom stereocenters. The van der Waals surface area contributed by atoms with E-state index in [9.17, 15) is 14.7 Å². The van der Waals surface area contributed by atoms with Crippen LogP contribution in [0.15, 0.2) is 24.3 Å². The van der Waals surface area contributed by atoms with E-state index in [1.807, 2.05) is 24.3 Å². The summed E-state index contributed by atoms with van der Waals surface area (Å²) in [4.78, 5) is 24.0. The molecule has 0 radical (unpaired) electrons. The van der Waals surface area contributed by atoms with Crippen LogP contribution in [-0.2, 0) is 16.0 Å². The highest BCUT2D eigenvalue weighted by atomic mass is 16.4. The average molecular weight is 307 g/mol. The molecule has 22 heavy (non-hydrogen) atoms. The molecule has 0 bridgehead atoms. The summed E-state index contributed by atoms with van der Waals surface area (Å²) in [6.07, 6.45) is 3.24. The van der Waals surface area contributed by atoms with Gasteiger partial charge in [0.05, 0.1) is 5.92 Å². The van der Waals surface area contributed by atoms with Crippen molar-refractivity contribution in [2.45, 2.75) is 46.1 Å². The molecule has 0 spiro atoms. The van der Waals surface area contributed by atoms with Gasteiger partial charge in [-0.25, -0.2) is 4.79 Å². The lowest BCUT2D eigenvalue weighted by Gasteiger charge is -2.30. The number of carbonyl (C=O) groups is 2. The minimum atomic E-state index is -0.965. The summed E-state index contributed by atoms with van der Waals surface area (Å²) in [5, 5.41) is 18.3. The molecule has 122 valence electrons. The number of aliphatic carboxylic acids is 2. The third kappa shape index (κ3) is 5.06. The maximum absolute atomic E-state index is 11.3. The summed E-state index contributed by atoms with van der Waals surface area (Å²) < 4.78 is 0. The fourth-order valence-electron chi connectivity index (χ4n) is 2.23. The molecule has 5 nitrogen and oxygen atoms in total. The zero-order chi connectivity index (χ0) is 16.7. The molecule has 1 aromatic carbocycles. The van der Waals surface area contributed by atoms with Crippen molar-refractivity contribution < 1.29 is 19.8 Å². The van der Waals surface area contributed by atoms with Crippen LogP contribution in [0.2, 0.25) is 0 Å². The van der Waals surface area contributed by atoms with E-state index in [1.54, 1.807) is 18.7 Å². The number of hydrogen-bond acceptors (Lipinski definition) is 3. The molecule has 0 aliphatic heterocycles. The number of carboxylic acids is 2. The van der Waals surface area contributed by atoms with Gasteiger partial charge in [-0.1, -0.05) is 32.4 Å². The molecule has 0 amide bonds. The lowest BCUT2D eigenvalue weighted by molar-refractivity contribution is -0.142. The molecular weight excluding hydrogens is 282 g/mol. The number of carboxylic acid groups (broad SMARTS) is 2. The number of nitrogens with zero attached hydrogens (tertiary/aromatic N) is 1. The second kappa shape index (κ2) is 8.41. The van der Waals surface area contributed by atoms with Crippen molar-refractivity contribution in [2.24, 2.45) is 5.92 Å². The van der Waals surface area contributed by atoms with Gasteiger partial charge in [-0.2, -0.15) is 0 Å². The summed E-state index contributed by atoms with van der Waals surface area (Å²) in [7, 11) is 0. The molecule has 0 aromatic heterocycles. The number of anilines is 1. The van der Waals surface area contributed by atoms with Gasteiger partial charge in [-0.3, -0.25) is 4.79 Å². The standard InChI is InChI=1S/C17H25NO4/c1-4-5-6-14-7-9-15(10-8-14)18(13(3)17(21)22)11-12(2)16(19)20/h7-10,12-13H,4-6,11H2,1-3H3,(H,19,20)(H,21,22). The quantitative estimate of drug-likeness (QED) is 0.733. The Hall–Kier alpha value is -2.04. The second-order valence-corrected chi connectivity index (χ2v) is 5.68. The Labute approximate surface area is 131 Å². The van der Waals surface area contributed by atoms with Gasteiger partial charge in [0.25, 0.3) is 0 Å². The molecule has 2 N–H and O–H groups in total. The molecule has 0 heterocycles. The highest BCUT2D eigenvalue weighted by Gasteiger charge is 2.25. The van der Waals surface area contributed by atoms with Gasteiger partial charge in [0.2, 0.25) is 0 Å². The lowest BCUT2D eigenvalue weighted by Crippen LogP contribution is -2.43. The van der Waals surface area contributed by atoms with Gasteiger partial charge < -0.3 is 15.1 Å². The average Bonchev–Trinajstić information content (AvgIpc) is 2.50. The maximum atomic E-state index is 11.3. The monoisotopic (exact) mass is 307 g/mol. The molecule has 1 aromatic rings. The van der Waals surface area contributed by atoms with Crippen LogP contribution in [0.4, 0.5) is 5.69 Å². The van der Waals surface area contributed by atoms with Gasteiger partial charge in [0, 0.05) is 12.2 Å². The minimum Gasteiger partial charge on any atom is -0.481 e. The van der Waals surface area contributed by atoms with Crippen molar-refractivity contribution in [3.05, 3.63) is 29.8 Å². The first kappa shape index (κ1) is 18.0. The van der Waals surface area contributed by atoms with Crippen molar-refractivity contribution in [1.29, 1.82) is 0 Å². The van der Waals surface area contributed by atoms with Crippen molar-refractivity contribution in [3.63, 3.8) is 0 Å². The topological polar surface area (TPSA) is 77.8 Å².